The number of hydrogen-bond acceptors (Lipinski definition) is 7. The summed E-state index contributed by atoms with van der Waals surface area (Å²) in [5.41, 5.74) is 34.6. The predicted molar refractivity (Wildman–Crippen MR) is 184 cm³/mol. The number of unbranched alkanes of at least 4 members (excludes halogenated alkanes) is 1. The molecule has 4 aromatic rings. The van der Waals surface area contributed by atoms with Gasteiger partial charge < -0.3 is 10.8 Å². The number of anilines is 1. The number of thiophene rings is 1. The fraction of sp³-hybridized carbons (Fsp3) is 0.139. The summed E-state index contributed by atoms with van der Waals surface area (Å²) in [7, 11) is -1.13. The van der Waals surface area contributed by atoms with Crippen molar-refractivity contribution in [3.05, 3.63) is 138 Å². The van der Waals surface area contributed by atoms with Crippen LogP contribution in [-0.4, -0.2) is 25.0 Å². The number of aromatic nitrogens is 2. The molecule has 0 aliphatic rings. The first-order valence-electron chi connectivity index (χ1n) is 13.0. The molecule has 4 rings (SSSR count). The summed E-state index contributed by atoms with van der Waals surface area (Å²) in [5.74, 6) is 0.605. The molecular formula is C36H29N3O3S3. The van der Waals surface area contributed by atoms with Gasteiger partial charge in [0.15, 0.2) is 0 Å². The molecule has 0 saturated heterocycles. The van der Waals surface area contributed by atoms with Crippen molar-refractivity contribution in [3.8, 4) is 21.8 Å². The van der Waals surface area contributed by atoms with Gasteiger partial charge >= 0.3 is 11.3 Å². The van der Waals surface area contributed by atoms with E-state index < -0.39 is 10.8 Å². The second kappa shape index (κ2) is 22.4. The normalized spacial score (nSPS) is 9.16. The van der Waals surface area contributed by atoms with Crippen LogP contribution in [0.1, 0.15) is 25.3 Å². The van der Waals surface area contributed by atoms with E-state index in [-0.39, 0.29) is 6.61 Å². The molecule has 0 saturated carbocycles. The van der Waals surface area contributed by atoms with Crippen molar-refractivity contribution in [1.82, 2.24) is 9.97 Å². The minimum absolute atomic E-state index is 0.00243. The molecular weight excluding hydrogens is 619 g/mol. The Labute approximate surface area is 273 Å². The number of hydrogen-bond donors (Lipinski definition) is 2. The molecule has 3 aromatic heterocycles. The van der Waals surface area contributed by atoms with Crippen molar-refractivity contribution in [1.29, 1.82) is 0 Å². The van der Waals surface area contributed by atoms with Crippen LogP contribution in [0.3, 0.4) is 0 Å². The van der Waals surface area contributed by atoms with E-state index in [1.807, 2.05) is 35.7 Å². The Balaban J connectivity index is 0.000000526. The van der Waals surface area contributed by atoms with Gasteiger partial charge in [0.25, 0.3) is 0 Å². The summed E-state index contributed by atoms with van der Waals surface area (Å²) in [4.78, 5) is 9.96. The molecule has 224 valence electrons. The number of thiazole rings is 1. The van der Waals surface area contributed by atoms with Crippen LogP contribution in [0.5, 0.6) is 0 Å². The average molecular weight is 648 g/mol. The molecule has 3 heterocycles. The molecule has 0 spiro atoms. The second-order valence-electron chi connectivity index (χ2n) is 8.09. The summed E-state index contributed by atoms with van der Waals surface area (Å²) in [6.45, 7) is 19.6. The number of fused-ring (bicyclic) bond motifs is 1. The van der Waals surface area contributed by atoms with Crippen LogP contribution in [0, 0.1) is 6.65 Å². The molecule has 0 fully saturated rings. The minimum atomic E-state index is -1.13. The SMILES string of the molecule is C=C=C=C=C=C=C.C=C=C=C=C=C=C.CCCCS(=O)c1sc2nc(-c3nccs3)cc(-c3ccc(CO)cc3)c2c1N.[C-]#[O+]. The van der Waals surface area contributed by atoms with Gasteiger partial charge in [-0.2, -0.15) is 0 Å². The van der Waals surface area contributed by atoms with Gasteiger partial charge in [0.1, 0.15) is 19.7 Å². The third kappa shape index (κ3) is 12.2. The average Bonchev–Trinajstić information content (AvgIpc) is 3.74. The number of aliphatic hydroxyl groups is 1. The maximum atomic E-state index is 12.8. The molecule has 6 nitrogen and oxygen atoms in total. The van der Waals surface area contributed by atoms with Crippen molar-refractivity contribution >= 4 is 49.4 Å². The standard InChI is InChI=1S/C21H21N3O2S3.2C7H4.CO/c1-2-3-10-29(26)21-18(22)17-15(14-6-4-13(12-25)5-7-14)11-16(24-20(17)28-21)19-23-8-9-27-19;2*1-3-5-7-6-4-2;1-2/h4-9,11,25H,2-3,10,12,22H2,1H3;2*1-2H2;. The number of nitrogens with zero attached hydrogens (tertiary/aromatic N) is 2. The fourth-order valence-electron chi connectivity index (χ4n) is 3.35. The van der Waals surface area contributed by atoms with Gasteiger partial charge in [0.2, 0.25) is 0 Å². The molecule has 9 heteroatoms. The summed E-state index contributed by atoms with van der Waals surface area (Å²) in [6.07, 6.45) is 3.65. The molecule has 1 atom stereocenters. The zero-order valence-corrected chi connectivity index (χ0v) is 27.1. The number of rotatable bonds is 7. The topological polar surface area (TPSA) is 109 Å². The van der Waals surface area contributed by atoms with Crippen LogP contribution in [0.15, 0.2) is 130 Å². The second-order valence-corrected chi connectivity index (χ2v) is 11.8. The molecule has 0 amide bonds. The number of nitrogens with two attached hydrogens (primary N) is 1. The summed E-state index contributed by atoms with van der Waals surface area (Å²) in [5, 5.41) is 12.9. The van der Waals surface area contributed by atoms with Crippen molar-refractivity contribution in [2.24, 2.45) is 0 Å². The van der Waals surface area contributed by atoms with Gasteiger partial charge in [-0.25, -0.2) is 9.97 Å². The molecule has 45 heavy (non-hydrogen) atoms. The molecule has 0 radical (unpaired) electrons. The molecule has 1 aromatic carbocycles. The van der Waals surface area contributed by atoms with E-state index in [0.717, 1.165) is 50.5 Å². The van der Waals surface area contributed by atoms with Crippen molar-refractivity contribution in [2.45, 2.75) is 30.6 Å². The van der Waals surface area contributed by atoms with E-state index in [0.29, 0.717) is 15.6 Å². The van der Waals surface area contributed by atoms with Crippen LogP contribution in [0.2, 0.25) is 0 Å². The van der Waals surface area contributed by atoms with E-state index >= 15 is 0 Å². The first-order valence-corrected chi connectivity index (χ1v) is 16.0. The van der Waals surface area contributed by atoms with Crippen LogP contribution in [0.4, 0.5) is 5.69 Å². The number of benzene rings is 1. The van der Waals surface area contributed by atoms with Crippen molar-refractivity contribution < 1.29 is 14.0 Å². The summed E-state index contributed by atoms with van der Waals surface area (Å²) in [6, 6.07) is 9.73. The van der Waals surface area contributed by atoms with Crippen LogP contribution < -0.4 is 5.73 Å². The monoisotopic (exact) mass is 647 g/mol. The van der Waals surface area contributed by atoms with Gasteiger partial charge in [-0.05, 0) is 89.9 Å². The molecule has 3 N–H and O–H groups in total. The molecule has 0 aliphatic carbocycles. The van der Waals surface area contributed by atoms with E-state index in [1.165, 1.54) is 22.7 Å². The summed E-state index contributed by atoms with van der Waals surface area (Å²) >= 11 is 2.94. The Morgan fingerprint density at radius 1 is 0.978 bits per heavy atom. The zero-order valence-electron chi connectivity index (χ0n) is 24.7. The van der Waals surface area contributed by atoms with Crippen LogP contribution in [0.25, 0.3) is 32.0 Å². The van der Waals surface area contributed by atoms with Gasteiger partial charge in [0, 0.05) is 22.7 Å². The zero-order chi connectivity index (χ0) is 33.5. The first-order chi connectivity index (χ1) is 21.9. The number of nitrogen functional groups attached to an aromatic ring is 1. The first kappa shape index (κ1) is 37.9. The van der Waals surface area contributed by atoms with Crippen molar-refractivity contribution in [2.75, 3.05) is 11.5 Å². The Morgan fingerprint density at radius 3 is 2.02 bits per heavy atom. The summed E-state index contributed by atoms with van der Waals surface area (Å²) < 4.78 is 21.0. The Morgan fingerprint density at radius 2 is 1.56 bits per heavy atom. The van der Waals surface area contributed by atoms with E-state index in [2.05, 4.69) is 102 Å². The van der Waals surface area contributed by atoms with Gasteiger partial charge in [-0.15, -0.1) is 22.7 Å². The number of aliphatic hydroxyl groups excluding tert-OH is 1. The Hall–Kier alpha value is -5.11. The third-order valence-corrected chi connectivity index (χ3v) is 9.05. The van der Waals surface area contributed by atoms with Crippen molar-refractivity contribution in [3.63, 3.8) is 0 Å². The Kier molecular flexibility index (Phi) is 18.9. The van der Waals surface area contributed by atoms with Gasteiger partial charge in [0.05, 0.1) is 23.1 Å². The third-order valence-electron chi connectivity index (χ3n) is 5.26. The predicted octanol–water partition coefficient (Wildman–Crippen LogP) is 8.19. The quantitative estimate of drug-likeness (QED) is 0.119. The maximum absolute atomic E-state index is 12.8. The van der Waals surface area contributed by atoms with Crippen LogP contribution in [-0.2, 0) is 22.1 Å². The Bertz CT molecular complexity index is 1900. The number of pyridine rings is 1. The van der Waals surface area contributed by atoms with Gasteiger partial charge in [-0.1, -0.05) is 60.5 Å². The van der Waals surface area contributed by atoms with E-state index in [9.17, 15) is 9.32 Å². The van der Waals surface area contributed by atoms with E-state index in [1.54, 1.807) is 6.20 Å². The fourth-order valence-corrected chi connectivity index (χ4v) is 6.75. The van der Waals surface area contributed by atoms with E-state index in [4.69, 9.17) is 15.4 Å². The van der Waals surface area contributed by atoms with Gasteiger partial charge in [-0.3, -0.25) is 4.21 Å². The van der Waals surface area contributed by atoms with Crippen LogP contribution >= 0.6 is 22.7 Å². The molecule has 0 bridgehead atoms. The molecule has 1 unspecified atom stereocenters. The molecule has 0 aliphatic heterocycles.